The predicted octanol–water partition coefficient (Wildman–Crippen LogP) is 1.31. The molecule has 0 rings (SSSR count). The van der Waals surface area contributed by atoms with Gasteiger partial charge in [-0.2, -0.15) is 0 Å². The van der Waals surface area contributed by atoms with E-state index in [1.54, 1.807) is 0 Å². The molecule has 1 unspecified atom stereocenters. The molecule has 11 heavy (non-hydrogen) atoms. The fourth-order valence-electron chi connectivity index (χ4n) is 0.862. The van der Waals surface area contributed by atoms with E-state index >= 15 is 0 Å². The van der Waals surface area contributed by atoms with Gasteiger partial charge in [-0.3, -0.25) is 0 Å². The average Bonchev–Trinajstić information content (AvgIpc) is 1.98. The van der Waals surface area contributed by atoms with E-state index in [4.69, 9.17) is 5.73 Å². The minimum Gasteiger partial charge on any atom is -0.329 e. The number of hydrogen-bond acceptors (Lipinski definition) is 2. The molecule has 0 heterocycles. The summed E-state index contributed by atoms with van der Waals surface area (Å²) in [4.78, 5) is 2.32. The van der Waals surface area contributed by atoms with Crippen LogP contribution in [0.15, 0.2) is 0 Å². The Balaban J connectivity index is 3.43. The van der Waals surface area contributed by atoms with Crippen LogP contribution < -0.4 is 5.73 Å². The second kappa shape index (κ2) is 5.56. The first-order valence-corrected chi connectivity index (χ1v) is 4.48. The topological polar surface area (TPSA) is 29.3 Å². The quantitative estimate of drug-likeness (QED) is 0.653. The van der Waals surface area contributed by atoms with Gasteiger partial charge in [0, 0.05) is 12.6 Å². The van der Waals surface area contributed by atoms with Gasteiger partial charge in [-0.25, -0.2) is 0 Å². The molecule has 2 heteroatoms. The third-order valence-electron chi connectivity index (χ3n) is 2.15. The minimum atomic E-state index is 0.522. The first-order chi connectivity index (χ1) is 5.07. The van der Waals surface area contributed by atoms with E-state index in [-0.39, 0.29) is 0 Å². The summed E-state index contributed by atoms with van der Waals surface area (Å²) in [5, 5.41) is 0. The standard InChI is InChI=1S/C9H22N2/c1-8(2)5-6-11(4)9(3)7-10/h8-9H,5-7,10H2,1-4H3. The zero-order chi connectivity index (χ0) is 8.85. The second-order valence-corrected chi connectivity index (χ2v) is 3.75. The summed E-state index contributed by atoms with van der Waals surface area (Å²) in [7, 11) is 2.14. The molecule has 0 aliphatic carbocycles. The lowest BCUT2D eigenvalue weighted by molar-refractivity contribution is 0.248. The van der Waals surface area contributed by atoms with Gasteiger partial charge in [-0.05, 0) is 32.9 Å². The molecule has 1 atom stereocenters. The maximum atomic E-state index is 5.54. The fourth-order valence-corrected chi connectivity index (χ4v) is 0.862. The van der Waals surface area contributed by atoms with Crippen LogP contribution in [0.3, 0.4) is 0 Å². The van der Waals surface area contributed by atoms with Crippen LogP contribution in [0.4, 0.5) is 0 Å². The zero-order valence-electron chi connectivity index (χ0n) is 8.30. The van der Waals surface area contributed by atoms with Gasteiger partial charge in [0.2, 0.25) is 0 Å². The highest BCUT2D eigenvalue weighted by atomic mass is 15.1. The largest absolute Gasteiger partial charge is 0.329 e. The molecular weight excluding hydrogens is 136 g/mol. The molecule has 0 saturated heterocycles. The van der Waals surface area contributed by atoms with E-state index in [1.807, 2.05) is 0 Å². The summed E-state index contributed by atoms with van der Waals surface area (Å²) >= 11 is 0. The summed E-state index contributed by atoms with van der Waals surface area (Å²) in [5.74, 6) is 0.794. The summed E-state index contributed by atoms with van der Waals surface area (Å²) in [5.41, 5.74) is 5.54. The van der Waals surface area contributed by atoms with Crippen LogP contribution in [0.2, 0.25) is 0 Å². The van der Waals surface area contributed by atoms with Crippen LogP contribution in [0.25, 0.3) is 0 Å². The first-order valence-electron chi connectivity index (χ1n) is 4.48. The van der Waals surface area contributed by atoms with E-state index in [0.717, 1.165) is 19.0 Å². The lowest BCUT2D eigenvalue weighted by Crippen LogP contribution is -2.36. The molecule has 0 radical (unpaired) electrons. The van der Waals surface area contributed by atoms with Crippen LogP contribution in [-0.2, 0) is 0 Å². The molecule has 0 fully saturated rings. The predicted molar refractivity (Wildman–Crippen MR) is 50.6 cm³/mol. The number of hydrogen-bond donors (Lipinski definition) is 1. The Morgan fingerprint density at radius 2 is 1.82 bits per heavy atom. The Morgan fingerprint density at radius 3 is 2.18 bits per heavy atom. The van der Waals surface area contributed by atoms with Crippen molar-refractivity contribution in [2.75, 3.05) is 20.1 Å². The Hall–Kier alpha value is -0.0800. The third-order valence-corrected chi connectivity index (χ3v) is 2.15. The van der Waals surface area contributed by atoms with E-state index in [1.165, 1.54) is 6.42 Å². The second-order valence-electron chi connectivity index (χ2n) is 3.75. The summed E-state index contributed by atoms with van der Waals surface area (Å²) in [6.45, 7) is 8.59. The molecule has 0 aliphatic rings. The van der Waals surface area contributed by atoms with Gasteiger partial charge < -0.3 is 10.6 Å². The first kappa shape index (κ1) is 10.9. The van der Waals surface area contributed by atoms with Crippen LogP contribution in [0.5, 0.6) is 0 Å². The molecule has 0 aromatic carbocycles. The molecule has 0 aromatic heterocycles. The van der Waals surface area contributed by atoms with E-state index in [0.29, 0.717) is 6.04 Å². The van der Waals surface area contributed by atoms with Crippen molar-refractivity contribution in [1.82, 2.24) is 4.90 Å². The maximum absolute atomic E-state index is 5.54. The Bertz CT molecular complexity index is 91.6. The minimum absolute atomic E-state index is 0.522. The number of nitrogens with zero attached hydrogens (tertiary/aromatic N) is 1. The molecular formula is C9H22N2. The molecule has 68 valence electrons. The van der Waals surface area contributed by atoms with Crippen molar-refractivity contribution >= 4 is 0 Å². The number of rotatable bonds is 5. The van der Waals surface area contributed by atoms with E-state index in [2.05, 4.69) is 32.7 Å². The normalized spacial score (nSPS) is 14.5. The van der Waals surface area contributed by atoms with Crippen LogP contribution in [0, 0.1) is 5.92 Å². The fraction of sp³-hybridized carbons (Fsp3) is 1.00. The van der Waals surface area contributed by atoms with E-state index < -0.39 is 0 Å². The van der Waals surface area contributed by atoms with Crippen LogP contribution in [-0.4, -0.2) is 31.1 Å². The van der Waals surface area contributed by atoms with Gasteiger partial charge in [-0.1, -0.05) is 13.8 Å². The van der Waals surface area contributed by atoms with Crippen molar-refractivity contribution in [2.24, 2.45) is 11.7 Å². The zero-order valence-corrected chi connectivity index (χ0v) is 8.30. The van der Waals surface area contributed by atoms with Crippen molar-refractivity contribution < 1.29 is 0 Å². The van der Waals surface area contributed by atoms with Crippen molar-refractivity contribution in [2.45, 2.75) is 33.2 Å². The van der Waals surface area contributed by atoms with Crippen molar-refractivity contribution in [1.29, 1.82) is 0 Å². The molecule has 0 spiro atoms. The summed E-state index contributed by atoms with van der Waals surface area (Å²) in [6, 6.07) is 0.522. The smallest absolute Gasteiger partial charge is 0.0187 e. The summed E-state index contributed by atoms with van der Waals surface area (Å²) < 4.78 is 0. The lowest BCUT2D eigenvalue weighted by atomic mass is 10.1. The molecule has 0 aromatic rings. The Labute approximate surface area is 70.8 Å². The van der Waals surface area contributed by atoms with Crippen molar-refractivity contribution in [3.8, 4) is 0 Å². The molecule has 0 aliphatic heterocycles. The Kier molecular flexibility index (Phi) is 5.51. The lowest BCUT2D eigenvalue weighted by Gasteiger charge is -2.23. The van der Waals surface area contributed by atoms with Gasteiger partial charge in [0.1, 0.15) is 0 Å². The Morgan fingerprint density at radius 1 is 1.27 bits per heavy atom. The third kappa shape index (κ3) is 5.22. The van der Waals surface area contributed by atoms with Gasteiger partial charge >= 0.3 is 0 Å². The molecule has 2 nitrogen and oxygen atoms in total. The number of nitrogens with two attached hydrogens (primary N) is 1. The van der Waals surface area contributed by atoms with E-state index in [9.17, 15) is 0 Å². The molecule has 2 N–H and O–H groups in total. The van der Waals surface area contributed by atoms with Crippen molar-refractivity contribution in [3.63, 3.8) is 0 Å². The van der Waals surface area contributed by atoms with Gasteiger partial charge in [-0.15, -0.1) is 0 Å². The molecule has 0 amide bonds. The van der Waals surface area contributed by atoms with Crippen LogP contribution >= 0.6 is 0 Å². The highest BCUT2D eigenvalue weighted by Gasteiger charge is 2.06. The highest BCUT2D eigenvalue weighted by Crippen LogP contribution is 2.02. The van der Waals surface area contributed by atoms with Gasteiger partial charge in [0.15, 0.2) is 0 Å². The average molecular weight is 158 g/mol. The maximum Gasteiger partial charge on any atom is 0.0187 e. The van der Waals surface area contributed by atoms with Gasteiger partial charge in [0.25, 0.3) is 0 Å². The highest BCUT2D eigenvalue weighted by molar-refractivity contribution is 4.63. The SMILES string of the molecule is CC(C)CCN(C)C(C)CN. The summed E-state index contributed by atoms with van der Waals surface area (Å²) in [6.07, 6.45) is 1.26. The number of likely N-dealkylation sites (N-methyl/N-ethyl adjacent to an activating group) is 1. The monoisotopic (exact) mass is 158 g/mol. The van der Waals surface area contributed by atoms with Crippen molar-refractivity contribution in [3.05, 3.63) is 0 Å². The molecule has 0 saturated carbocycles. The van der Waals surface area contributed by atoms with Crippen LogP contribution in [0.1, 0.15) is 27.2 Å². The van der Waals surface area contributed by atoms with Gasteiger partial charge in [0.05, 0.1) is 0 Å². The molecule has 0 bridgehead atoms.